The summed E-state index contributed by atoms with van der Waals surface area (Å²) in [4.78, 5) is 11.2. The maximum atomic E-state index is 11.2. The summed E-state index contributed by atoms with van der Waals surface area (Å²) in [5.41, 5.74) is 1.04. The van der Waals surface area contributed by atoms with E-state index in [2.05, 4.69) is 21.2 Å². The number of nitrogens with one attached hydrogen (secondary N) is 1. The summed E-state index contributed by atoms with van der Waals surface area (Å²) in [6, 6.07) is 11.9. The summed E-state index contributed by atoms with van der Waals surface area (Å²) in [7, 11) is 0. The largest absolute Gasteiger partial charge is 0.466 e. The third kappa shape index (κ3) is 5.02. The Kier molecular flexibility index (Phi) is 6.02. The molecular weight excluding hydrogens is 334 g/mol. The predicted octanol–water partition coefficient (Wildman–Crippen LogP) is 3.75. The minimum Gasteiger partial charge on any atom is -0.466 e. The van der Waals surface area contributed by atoms with Crippen molar-refractivity contribution in [1.29, 1.82) is 0 Å². The lowest BCUT2D eigenvalue weighted by Crippen LogP contribution is -2.18. The first-order valence-electron chi connectivity index (χ1n) is 6.90. The summed E-state index contributed by atoms with van der Waals surface area (Å²) < 4.78 is 11.7. The summed E-state index contributed by atoms with van der Waals surface area (Å²) >= 11 is 3.41. The van der Waals surface area contributed by atoms with Crippen LogP contribution >= 0.6 is 15.9 Å². The molecule has 2 rings (SSSR count). The van der Waals surface area contributed by atoms with Gasteiger partial charge in [-0.3, -0.25) is 4.79 Å². The van der Waals surface area contributed by atoms with Gasteiger partial charge < -0.3 is 14.5 Å². The van der Waals surface area contributed by atoms with Gasteiger partial charge in [0.25, 0.3) is 0 Å². The van der Waals surface area contributed by atoms with Crippen molar-refractivity contribution >= 4 is 21.9 Å². The Morgan fingerprint density at radius 3 is 2.71 bits per heavy atom. The summed E-state index contributed by atoms with van der Waals surface area (Å²) in [6.45, 7) is 3.40. The number of carbonyl (C=O) groups excluding carboxylic acids is 1. The number of carbonyl (C=O) groups is 1. The second-order valence-electron chi connectivity index (χ2n) is 4.50. The van der Waals surface area contributed by atoms with Gasteiger partial charge in [0.05, 0.1) is 19.6 Å². The lowest BCUT2D eigenvalue weighted by Gasteiger charge is -2.03. The minimum atomic E-state index is -0.181. The van der Waals surface area contributed by atoms with Crippen molar-refractivity contribution in [3.8, 4) is 11.3 Å². The molecule has 1 aromatic carbocycles. The third-order valence-electron chi connectivity index (χ3n) is 2.90. The highest BCUT2D eigenvalue weighted by atomic mass is 79.9. The highest BCUT2D eigenvalue weighted by Crippen LogP contribution is 2.23. The number of hydrogen-bond donors (Lipinski definition) is 1. The first kappa shape index (κ1) is 15.8. The molecule has 0 atom stereocenters. The number of hydrogen-bond acceptors (Lipinski definition) is 4. The first-order chi connectivity index (χ1) is 10.2. The van der Waals surface area contributed by atoms with Crippen LogP contribution in [-0.2, 0) is 16.1 Å². The van der Waals surface area contributed by atoms with Crippen LogP contribution in [0.1, 0.15) is 19.1 Å². The van der Waals surface area contributed by atoms with Crippen molar-refractivity contribution in [2.24, 2.45) is 0 Å². The molecule has 0 aliphatic carbocycles. The lowest BCUT2D eigenvalue weighted by molar-refractivity contribution is -0.142. The molecule has 0 saturated heterocycles. The molecule has 2 aromatic rings. The smallest absolute Gasteiger partial charge is 0.307 e. The molecule has 21 heavy (non-hydrogen) atoms. The molecule has 1 N–H and O–H groups in total. The molecule has 1 heterocycles. The Hall–Kier alpha value is -1.59. The van der Waals surface area contributed by atoms with Gasteiger partial charge in [0.15, 0.2) is 0 Å². The van der Waals surface area contributed by atoms with E-state index in [4.69, 9.17) is 9.15 Å². The third-order valence-corrected chi connectivity index (χ3v) is 3.43. The fraction of sp³-hybridized carbons (Fsp3) is 0.312. The Bertz CT molecular complexity index is 577. The van der Waals surface area contributed by atoms with E-state index in [1.165, 1.54) is 0 Å². The van der Waals surface area contributed by atoms with E-state index >= 15 is 0 Å². The molecule has 0 aliphatic heterocycles. The molecule has 5 heteroatoms. The summed E-state index contributed by atoms with van der Waals surface area (Å²) in [6.07, 6.45) is 0.369. The van der Waals surface area contributed by atoms with Crippen molar-refractivity contribution in [1.82, 2.24) is 5.32 Å². The zero-order valence-corrected chi connectivity index (χ0v) is 13.5. The van der Waals surface area contributed by atoms with Crippen LogP contribution in [0.2, 0.25) is 0 Å². The van der Waals surface area contributed by atoms with Gasteiger partial charge in [0, 0.05) is 16.6 Å². The van der Waals surface area contributed by atoms with Crippen molar-refractivity contribution in [2.75, 3.05) is 13.2 Å². The van der Waals surface area contributed by atoms with Crippen LogP contribution < -0.4 is 5.32 Å². The average molecular weight is 352 g/mol. The van der Waals surface area contributed by atoms with E-state index in [9.17, 15) is 4.79 Å². The first-order valence-corrected chi connectivity index (χ1v) is 7.69. The predicted molar refractivity (Wildman–Crippen MR) is 84.8 cm³/mol. The zero-order chi connectivity index (χ0) is 15.1. The highest BCUT2D eigenvalue weighted by molar-refractivity contribution is 9.10. The minimum absolute atomic E-state index is 0.181. The molecular formula is C16H18BrNO3. The van der Waals surface area contributed by atoms with Crippen LogP contribution in [0.25, 0.3) is 11.3 Å². The van der Waals surface area contributed by atoms with E-state index in [1.54, 1.807) is 6.92 Å². The van der Waals surface area contributed by atoms with Gasteiger partial charge in [0.1, 0.15) is 11.5 Å². The van der Waals surface area contributed by atoms with Crippen LogP contribution in [0.5, 0.6) is 0 Å². The molecule has 0 bridgehead atoms. The van der Waals surface area contributed by atoms with Gasteiger partial charge in [-0.05, 0) is 31.2 Å². The molecule has 0 radical (unpaired) electrons. The van der Waals surface area contributed by atoms with E-state index in [0.717, 1.165) is 21.6 Å². The quantitative estimate of drug-likeness (QED) is 0.609. The second kappa shape index (κ2) is 8.00. The second-order valence-corrected chi connectivity index (χ2v) is 5.42. The number of rotatable bonds is 7. The van der Waals surface area contributed by atoms with E-state index in [-0.39, 0.29) is 5.97 Å². The van der Waals surface area contributed by atoms with Crippen molar-refractivity contribution in [2.45, 2.75) is 19.9 Å². The standard InChI is InChI=1S/C16H18BrNO3/c1-2-20-16(19)9-10-18-11-14-7-8-15(21-14)12-3-5-13(17)6-4-12/h3-8,18H,2,9-11H2,1H3. The van der Waals surface area contributed by atoms with E-state index in [1.807, 2.05) is 36.4 Å². The Morgan fingerprint density at radius 1 is 1.24 bits per heavy atom. The van der Waals surface area contributed by atoms with Crippen LogP contribution in [0.4, 0.5) is 0 Å². The van der Waals surface area contributed by atoms with Gasteiger partial charge in [-0.2, -0.15) is 0 Å². The maximum Gasteiger partial charge on any atom is 0.307 e. The van der Waals surface area contributed by atoms with E-state index in [0.29, 0.717) is 26.1 Å². The van der Waals surface area contributed by atoms with Crippen molar-refractivity contribution in [3.63, 3.8) is 0 Å². The van der Waals surface area contributed by atoms with Crippen molar-refractivity contribution in [3.05, 3.63) is 46.6 Å². The number of ether oxygens (including phenoxy) is 1. The number of halogens is 1. The van der Waals surface area contributed by atoms with Gasteiger partial charge in [-0.25, -0.2) is 0 Å². The molecule has 4 nitrogen and oxygen atoms in total. The molecule has 0 unspecified atom stereocenters. The SMILES string of the molecule is CCOC(=O)CCNCc1ccc(-c2ccc(Br)cc2)o1. The molecule has 0 amide bonds. The molecule has 0 aliphatic rings. The molecule has 112 valence electrons. The van der Waals surface area contributed by atoms with Gasteiger partial charge in [-0.1, -0.05) is 28.1 Å². The highest BCUT2D eigenvalue weighted by Gasteiger charge is 2.05. The molecule has 0 fully saturated rings. The fourth-order valence-electron chi connectivity index (χ4n) is 1.88. The molecule has 0 spiro atoms. The Balaban J connectivity index is 1.81. The van der Waals surface area contributed by atoms with Gasteiger partial charge in [0.2, 0.25) is 0 Å². The number of furan rings is 1. The normalized spacial score (nSPS) is 10.6. The summed E-state index contributed by atoms with van der Waals surface area (Å²) in [5, 5.41) is 3.16. The van der Waals surface area contributed by atoms with Crippen LogP contribution in [0.15, 0.2) is 45.3 Å². The van der Waals surface area contributed by atoms with E-state index < -0.39 is 0 Å². The Labute approximate surface area is 132 Å². The fourth-order valence-corrected chi connectivity index (χ4v) is 2.14. The monoisotopic (exact) mass is 351 g/mol. The van der Waals surface area contributed by atoms with Crippen LogP contribution in [0, 0.1) is 0 Å². The topological polar surface area (TPSA) is 51.5 Å². The summed E-state index contributed by atoms with van der Waals surface area (Å²) in [5.74, 6) is 1.50. The Morgan fingerprint density at radius 2 is 2.00 bits per heavy atom. The zero-order valence-electron chi connectivity index (χ0n) is 11.9. The van der Waals surface area contributed by atoms with Crippen LogP contribution in [-0.4, -0.2) is 19.1 Å². The van der Waals surface area contributed by atoms with Crippen molar-refractivity contribution < 1.29 is 13.9 Å². The number of esters is 1. The average Bonchev–Trinajstić information content (AvgIpc) is 2.93. The van der Waals surface area contributed by atoms with Gasteiger partial charge in [-0.15, -0.1) is 0 Å². The van der Waals surface area contributed by atoms with Gasteiger partial charge >= 0.3 is 5.97 Å². The maximum absolute atomic E-state index is 11.2. The van der Waals surface area contributed by atoms with Crippen LogP contribution in [0.3, 0.4) is 0 Å². The molecule has 0 saturated carbocycles. The molecule has 1 aromatic heterocycles. The lowest BCUT2D eigenvalue weighted by atomic mass is 10.2. The number of benzene rings is 1.